The van der Waals surface area contributed by atoms with Crippen LogP contribution in [0.2, 0.25) is 0 Å². The molecule has 0 bridgehead atoms. The van der Waals surface area contributed by atoms with Crippen LogP contribution < -0.4 is 0 Å². The van der Waals surface area contributed by atoms with E-state index < -0.39 is 0 Å². The Labute approximate surface area is 171 Å². The SMILES string of the molecule is CC#CC1CCC(C2CCC(COC3CCC(CCOC)CC3)CC2)OC1=O. The van der Waals surface area contributed by atoms with Crippen LogP contribution in [0.5, 0.6) is 0 Å². The van der Waals surface area contributed by atoms with Gasteiger partial charge in [0.15, 0.2) is 0 Å². The zero-order chi connectivity index (χ0) is 19.8. The van der Waals surface area contributed by atoms with E-state index in [2.05, 4.69) is 11.8 Å². The number of hydrogen-bond acceptors (Lipinski definition) is 4. The predicted octanol–water partition coefficient (Wildman–Crippen LogP) is 4.75. The van der Waals surface area contributed by atoms with Crippen molar-refractivity contribution in [3.05, 3.63) is 0 Å². The highest BCUT2D eigenvalue weighted by atomic mass is 16.5. The first-order chi connectivity index (χ1) is 13.7. The van der Waals surface area contributed by atoms with Crippen molar-refractivity contribution in [3.63, 3.8) is 0 Å². The van der Waals surface area contributed by atoms with E-state index >= 15 is 0 Å². The van der Waals surface area contributed by atoms with Crippen LogP contribution in [0, 0.1) is 35.5 Å². The van der Waals surface area contributed by atoms with Crippen LogP contribution in [-0.2, 0) is 19.0 Å². The summed E-state index contributed by atoms with van der Waals surface area (Å²) in [6, 6.07) is 0. The summed E-state index contributed by atoms with van der Waals surface area (Å²) in [7, 11) is 1.79. The number of cyclic esters (lactones) is 1. The Bertz CT molecular complexity index is 533. The zero-order valence-electron chi connectivity index (χ0n) is 17.8. The maximum absolute atomic E-state index is 12.1. The summed E-state index contributed by atoms with van der Waals surface area (Å²) in [5, 5.41) is 0. The normalized spacial score (nSPS) is 36.3. The molecular formula is C24H38O4. The van der Waals surface area contributed by atoms with Crippen molar-refractivity contribution < 1.29 is 19.0 Å². The third-order valence-electron chi connectivity index (χ3n) is 7.12. The fourth-order valence-corrected chi connectivity index (χ4v) is 5.25. The second-order valence-electron chi connectivity index (χ2n) is 9.04. The Balaban J connectivity index is 1.31. The van der Waals surface area contributed by atoms with Crippen molar-refractivity contribution in [3.8, 4) is 11.8 Å². The van der Waals surface area contributed by atoms with E-state index in [1.54, 1.807) is 14.0 Å². The van der Waals surface area contributed by atoms with E-state index in [9.17, 15) is 4.79 Å². The van der Waals surface area contributed by atoms with Gasteiger partial charge in [0.25, 0.3) is 0 Å². The average Bonchev–Trinajstić information content (AvgIpc) is 2.73. The Kier molecular flexibility index (Phi) is 8.67. The van der Waals surface area contributed by atoms with Gasteiger partial charge >= 0.3 is 5.97 Å². The smallest absolute Gasteiger partial charge is 0.321 e. The van der Waals surface area contributed by atoms with Crippen LogP contribution in [0.1, 0.15) is 77.6 Å². The molecule has 0 aromatic carbocycles. The van der Waals surface area contributed by atoms with Crippen LogP contribution in [-0.4, -0.2) is 38.5 Å². The van der Waals surface area contributed by atoms with Gasteiger partial charge in [0.2, 0.25) is 0 Å². The minimum absolute atomic E-state index is 0.0999. The van der Waals surface area contributed by atoms with E-state index in [-0.39, 0.29) is 18.0 Å². The maximum atomic E-state index is 12.1. The fourth-order valence-electron chi connectivity index (χ4n) is 5.25. The minimum Gasteiger partial charge on any atom is -0.461 e. The van der Waals surface area contributed by atoms with Crippen LogP contribution >= 0.6 is 0 Å². The van der Waals surface area contributed by atoms with E-state index in [4.69, 9.17) is 14.2 Å². The van der Waals surface area contributed by atoms with Gasteiger partial charge in [-0.1, -0.05) is 5.92 Å². The third kappa shape index (κ3) is 6.22. The molecule has 4 heteroatoms. The number of carbonyl (C=O) groups is 1. The molecule has 3 aliphatic rings. The van der Waals surface area contributed by atoms with Crippen LogP contribution in [0.3, 0.4) is 0 Å². The van der Waals surface area contributed by atoms with Gasteiger partial charge in [0.05, 0.1) is 6.10 Å². The molecule has 0 aromatic heterocycles. The van der Waals surface area contributed by atoms with Gasteiger partial charge in [-0.25, -0.2) is 0 Å². The molecule has 0 N–H and O–H groups in total. The van der Waals surface area contributed by atoms with Gasteiger partial charge in [-0.15, -0.1) is 5.92 Å². The molecular weight excluding hydrogens is 352 g/mol. The lowest BCUT2D eigenvalue weighted by Crippen LogP contribution is -2.37. The first-order valence-corrected chi connectivity index (χ1v) is 11.4. The van der Waals surface area contributed by atoms with Crippen LogP contribution in [0.15, 0.2) is 0 Å². The molecule has 0 amide bonds. The lowest BCUT2D eigenvalue weighted by atomic mass is 9.77. The number of methoxy groups -OCH3 is 1. The summed E-state index contributed by atoms with van der Waals surface area (Å²) in [5.41, 5.74) is 0. The van der Waals surface area contributed by atoms with Crippen molar-refractivity contribution >= 4 is 5.97 Å². The molecule has 2 saturated carbocycles. The maximum Gasteiger partial charge on any atom is 0.321 e. The number of hydrogen-bond donors (Lipinski definition) is 0. The van der Waals surface area contributed by atoms with Gasteiger partial charge in [-0.2, -0.15) is 0 Å². The summed E-state index contributed by atoms with van der Waals surface area (Å²) in [6.45, 7) is 3.59. The van der Waals surface area contributed by atoms with Crippen LogP contribution in [0.25, 0.3) is 0 Å². The summed E-state index contributed by atoms with van der Waals surface area (Å²) < 4.78 is 17.2. The monoisotopic (exact) mass is 390 g/mol. The molecule has 4 nitrogen and oxygen atoms in total. The highest BCUT2D eigenvalue weighted by Gasteiger charge is 2.36. The topological polar surface area (TPSA) is 44.8 Å². The highest BCUT2D eigenvalue weighted by molar-refractivity contribution is 5.76. The van der Waals surface area contributed by atoms with E-state index in [0.717, 1.165) is 32.0 Å². The van der Waals surface area contributed by atoms with E-state index in [1.807, 2.05) is 0 Å². The van der Waals surface area contributed by atoms with Gasteiger partial charge in [-0.05, 0) is 95.3 Å². The van der Waals surface area contributed by atoms with Gasteiger partial charge in [0.1, 0.15) is 12.0 Å². The second kappa shape index (κ2) is 11.2. The van der Waals surface area contributed by atoms with Crippen LogP contribution in [0.4, 0.5) is 0 Å². The molecule has 1 heterocycles. The summed E-state index contributed by atoms with van der Waals surface area (Å²) in [6.07, 6.45) is 13.4. The summed E-state index contributed by atoms with van der Waals surface area (Å²) in [4.78, 5) is 12.1. The molecule has 3 fully saturated rings. The van der Waals surface area contributed by atoms with Gasteiger partial charge < -0.3 is 14.2 Å². The molecule has 0 aromatic rings. The Morgan fingerprint density at radius 2 is 1.68 bits per heavy atom. The molecule has 2 unspecified atom stereocenters. The first kappa shape index (κ1) is 21.7. The molecule has 1 saturated heterocycles. The zero-order valence-corrected chi connectivity index (χ0v) is 17.8. The Morgan fingerprint density at radius 1 is 0.964 bits per heavy atom. The quantitative estimate of drug-likeness (QED) is 0.465. The first-order valence-electron chi connectivity index (χ1n) is 11.4. The van der Waals surface area contributed by atoms with E-state index in [0.29, 0.717) is 17.9 Å². The molecule has 3 rings (SSSR count). The Morgan fingerprint density at radius 3 is 2.32 bits per heavy atom. The van der Waals surface area contributed by atoms with Crippen molar-refractivity contribution in [1.29, 1.82) is 0 Å². The Hall–Kier alpha value is -1.05. The van der Waals surface area contributed by atoms with Gasteiger partial charge in [0, 0.05) is 20.3 Å². The van der Waals surface area contributed by atoms with E-state index in [1.165, 1.54) is 57.8 Å². The molecule has 1 aliphatic heterocycles. The fraction of sp³-hybridized carbons (Fsp3) is 0.875. The predicted molar refractivity (Wildman–Crippen MR) is 110 cm³/mol. The highest BCUT2D eigenvalue weighted by Crippen LogP contribution is 2.37. The number of carbonyl (C=O) groups excluding carboxylic acids is 1. The minimum atomic E-state index is -0.199. The lowest BCUT2D eigenvalue weighted by Gasteiger charge is -2.37. The summed E-state index contributed by atoms with van der Waals surface area (Å²) in [5.74, 6) is 7.57. The van der Waals surface area contributed by atoms with Gasteiger partial charge in [-0.3, -0.25) is 4.79 Å². The largest absolute Gasteiger partial charge is 0.461 e. The van der Waals surface area contributed by atoms with Crippen molar-refractivity contribution in [2.45, 2.75) is 89.8 Å². The number of esters is 1. The molecule has 28 heavy (non-hydrogen) atoms. The average molecular weight is 391 g/mol. The lowest BCUT2D eigenvalue weighted by molar-refractivity contribution is -0.162. The molecule has 0 radical (unpaired) electrons. The second-order valence-corrected chi connectivity index (χ2v) is 9.04. The number of rotatable bonds is 7. The summed E-state index contributed by atoms with van der Waals surface area (Å²) >= 11 is 0. The standard InChI is InChI=1S/C24H38O4/c1-3-4-21-11-14-23(28-24(21)25)20-9-5-19(6-10-20)17-27-22-12-7-18(8-13-22)15-16-26-2/h18-23H,5-17H2,1-2H3. The molecule has 0 spiro atoms. The molecule has 2 atom stereocenters. The third-order valence-corrected chi connectivity index (χ3v) is 7.12. The van der Waals surface area contributed by atoms with Crippen molar-refractivity contribution in [2.75, 3.05) is 20.3 Å². The van der Waals surface area contributed by atoms with Crippen molar-refractivity contribution in [1.82, 2.24) is 0 Å². The number of ether oxygens (including phenoxy) is 3. The molecule has 2 aliphatic carbocycles. The van der Waals surface area contributed by atoms with Crippen molar-refractivity contribution in [2.24, 2.45) is 23.7 Å². The molecule has 158 valence electrons.